The summed E-state index contributed by atoms with van der Waals surface area (Å²) in [6.45, 7) is 2.28. The Morgan fingerprint density at radius 3 is 2.46 bits per heavy atom. The molecule has 2 aliphatic heterocycles. The Labute approximate surface area is 139 Å². The van der Waals surface area contributed by atoms with Crippen molar-refractivity contribution in [2.45, 2.75) is 26.1 Å². The third-order valence-corrected chi connectivity index (χ3v) is 4.69. The molecule has 2 aromatic rings. The van der Waals surface area contributed by atoms with E-state index in [0.717, 1.165) is 23.1 Å². The lowest BCUT2D eigenvalue weighted by atomic mass is 10.00. The van der Waals surface area contributed by atoms with Crippen molar-refractivity contribution < 1.29 is 19.4 Å². The predicted octanol–water partition coefficient (Wildman–Crippen LogP) is 2.61. The van der Waals surface area contributed by atoms with E-state index in [0.29, 0.717) is 31.9 Å². The molecule has 0 aromatic heterocycles. The molecule has 4 rings (SSSR count). The number of carbonyl (C=O) groups is 2. The lowest BCUT2D eigenvalue weighted by molar-refractivity contribution is 0.0696. The highest BCUT2D eigenvalue weighted by Crippen LogP contribution is 2.26. The molecule has 0 aliphatic carbocycles. The van der Waals surface area contributed by atoms with Crippen molar-refractivity contribution in [1.29, 1.82) is 0 Å². The van der Waals surface area contributed by atoms with Crippen LogP contribution in [0.15, 0.2) is 36.4 Å². The summed E-state index contributed by atoms with van der Waals surface area (Å²) in [6.07, 6.45) is 0.832. The lowest BCUT2D eigenvalue weighted by Gasteiger charge is -2.19. The molecular formula is C19H17NO4. The van der Waals surface area contributed by atoms with Crippen LogP contribution in [0.1, 0.15) is 43.0 Å². The first-order chi connectivity index (χ1) is 11.6. The number of carboxylic acid groups (broad SMARTS) is 1. The second-order valence-corrected chi connectivity index (χ2v) is 6.24. The third kappa shape index (κ3) is 2.57. The van der Waals surface area contributed by atoms with Crippen molar-refractivity contribution in [3.8, 4) is 0 Å². The summed E-state index contributed by atoms with van der Waals surface area (Å²) in [5, 5.41) is 9.09. The van der Waals surface area contributed by atoms with E-state index in [1.54, 1.807) is 23.1 Å². The largest absolute Gasteiger partial charge is 0.478 e. The zero-order chi connectivity index (χ0) is 16.7. The number of hydrogen-bond acceptors (Lipinski definition) is 3. The minimum absolute atomic E-state index is 0.0163. The highest BCUT2D eigenvalue weighted by molar-refractivity contribution is 5.95. The van der Waals surface area contributed by atoms with Gasteiger partial charge in [-0.25, -0.2) is 4.79 Å². The number of fused-ring (bicyclic) bond motifs is 2. The van der Waals surface area contributed by atoms with E-state index in [1.807, 2.05) is 18.2 Å². The molecule has 0 bridgehead atoms. The van der Waals surface area contributed by atoms with E-state index in [1.165, 1.54) is 5.56 Å². The molecule has 0 radical (unpaired) electrons. The fraction of sp³-hybridized carbons (Fsp3) is 0.263. The van der Waals surface area contributed by atoms with Crippen LogP contribution in [0.2, 0.25) is 0 Å². The second-order valence-electron chi connectivity index (χ2n) is 6.24. The minimum atomic E-state index is -0.945. The van der Waals surface area contributed by atoms with Gasteiger partial charge in [0.25, 0.3) is 5.91 Å². The van der Waals surface area contributed by atoms with Crippen molar-refractivity contribution in [2.24, 2.45) is 0 Å². The van der Waals surface area contributed by atoms with E-state index >= 15 is 0 Å². The van der Waals surface area contributed by atoms with Crippen molar-refractivity contribution in [3.63, 3.8) is 0 Å². The summed E-state index contributed by atoms with van der Waals surface area (Å²) in [5.74, 6) is -0.961. The Morgan fingerprint density at radius 2 is 1.62 bits per heavy atom. The van der Waals surface area contributed by atoms with E-state index in [4.69, 9.17) is 9.84 Å². The summed E-state index contributed by atoms with van der Waals surface area (Å²) >= 11 is 0. The van der Waals surface area contributed by atoms with Gasteiger partial charge in [0.15, 0.2) is 0 Å². The summed E-state index contributed by atoms with van der Waals surface area (Å²) in [7, 11) is 0. The number of carboxylic acids is 1. The van der Waals surface area contributed by atoms with Crippen LogP contribution in [0.5, 0.6) is 0 Å². The first-order valence-corrected chi connectivity index (χ1v) is 7.96. The van der Waals surface area contributed by atoms with Gasteiger partial charge < -0.3 is 14.7 Å². The fourth-order valence-electron chi connectivity index (χ4n) is 3.35. The molecule has 24 heavy (non-hydrogen) atoms. The number of benzene rings is 2. The Morgan fingerprint density at radius 1 is 0.917 bits per heavy atom. The number of hydrogen-bond donors (Lipinski definition) is 1. The normalized spacial score (nSPS) is 15.8. The van der Waals surface area contributed by atoms with Crippen LogP contribution in [-0.2, 0) is 30.9 Å². The van der Waals surface area contributed by atoms with E-state index in [9.17, 15) is 9.59 Å². The van der Waals surface area contributed by atoms with Crippen LogP contribution in [0.4, 0.5) is 0 Å². The van der Waals surface area contributed by atoms with Gasteiger partial charge in [0.1, 0.15) is 0 Å². The number of aromatic carboxylic acids is 1. The van der Waals surface area contributed by atoms with E-state index in [2.05, 4.69) is 0 Å². The molecule has 1 amide bonds. The molecule has 0 unspecified atom stereocenters. The summed E-state index contributed by atoms with van der Waals surface area (Å²) in [5.41, 5.74) is 5.19. The van der Waals surface area contributed by atoms with Gasteiger partial charge in [-0.3, -0.25) is 4.79 Å². The predicted molar refractivity (Wildman–Crippen MR) is 86.8 cm³/mol. The molecule has 2 heterocycles. The van der Waals surface area contributed by atoms with E-state index in [-0.39, 0.29) is 11.5 Å². The van der Waals surface area contributed by atoms with Gasteiger partial charge in [-0.1, -0.05) is 12.1 Å². The first-order valence-electron chi connectivity index (χ1n) is 7.96. The first kappa shape index (κ1) is 14.9. The second kappa shape index (κ2) is 5.76. The molecule has 0 spiro atoms. The summed E-state index contributed by atoms with van der Waals surface area (Å²) < 4.78 is 5.43. The SMILES string of the molecule is O=C(O)c1ccc2c(c1)CN(C(=O)c1ccc3c(c1)CCOC3)C2. The minimum Gasteiger partial charge on any atom is -0.478 e. The van der Waals surface area contributed by atoms with Gasteiger partial charge in [0, 0.05) is 18.7 Å². The molecule has 2 aromatic carbocycles. The zero-order valence-electron chi connectivity index (χ0n) is 13.1. The number of nitrogens with zero attached hydrogens (tertiary/aromatic N) is 1. The quantitative estimate of drug-likeness (QED) is 0.922. The molecule has 0 fully saturated rings. The summed E-state index contributed by atoms with van der Waals surface area (Å²) in [6, 6.07) is 10.8. The highest BCUT2D eigenvalue weighted by Gasteiger charge is 2.25. The number of ether oxygens (including phenoxy) is 1. The number of rotatable bonds is 2. The molecule has 1 N–H and O–H groups in total. The Kier molecular flexibility index (Phi) is 3.58. The van der Waals surface area contributed by atoms with Crippen LogP contribution in [0.25, 0.3) is 0 Å². The molecule has 122 valence electrons. The van der Waals surface area contributed by atoms with Gasteiger partial charge in [0.05, 0.1) is 18.8 Å². The van der Waals surface area contributed by atoms with Crippen molar-refractivity contribution in [1.82, 2.24) is 4.90 Å². The Hall–Kier alpha value is -2.66. The Balaban J connectivity index is 1.57. The third-order valence-electron chi connectivity index (χ3n) is 4.69. The maximum Gasteiger partial charge on any atom is 0.335 e. The molecule has 5 nitrogen and oxygen atoms in total. The van der Waals surface area contributed by atoms with Crippen LogP contribution >= 0.6 is 0 Å². The molecule has 5 heteroatoms. The standard InChI is InChI=1S/C19H17NO4/c21-18(13-1-4-16-11-24-6-5-12(16)7-13)20-9-15-3-2-14(19(22)23)8-17(15)10-20/h1-4,7-8H,5-6,9-11H2,(H,22,23). The van der Waals surface area contributed by atoms with Crippen molar-refractivity contribution >= 4 is 11.9 Å². The van der Waals surface area contributed by atoms with E-state index < -0.39 is 5.97 Å². The smallest absolute Gasteiger partial charge is 0.335 e. The topological polar surface area (TPSA) is 66.8 Å². The summed E-state index contributed by atoms with van der Waals surface area (Å²) in [4.78, 5) is 25.6. The van der Waals surface area contributed by atoms with Crippen LogP contribution in [-0.4, -0.2) is 28.5 Å². The van der Waals surface area contributed by atoms with Gasteiger partial charge in [0.2, 0.25) is 0 Å². The van der Waals surface area contributed by atoms with Crippen LogP contribution < -0.4 is 0 Å². The average molecular weight is 323 g/mol. The van der Waals surface area contributed by atoms with Crippen LogP contribution in [0.3, 0.4) is 0 Å². The molecular weight excluding hydrogens is 306 g/mol. The van der Waals surface area contributed by atoms with Gasteiger partial charge in [-0.05, 0) is 52.9 Å². The highest BCUT2D eigenvalue weighted by atomic mass is 16.5. The molecule has 0 atom stereocenters. The molecule has 2 aliphatic rings. The maximum atomic E-state index is 12.8. The van der Waals surface area contributed by atoms with Gasteiger partial charge in [-0.2, -0.15) is 0 Å². The monoisotopic (exact) mass is 323 g/mol. The van der Waals surface area contributed by atoms with Gasteiger partial charge in [-0.15, -0.1) is 0 Å². The van der Waals surface area contributed by atoms with Crippen molar-refractivity contribution in [2.75, 3.05) is 6.61 Å². The molecule has 0 saturated heterocycles. The lowest BCUT2D eigenvalue weighted by Crippen LogP contribution is -2.25. The maximum absolute atomic E-state index is 12.8. The number of carbonyl (C=O) groups excluding carboxylic acids is 1. The van der Waals surface area contributed by atoms with Crippen molar-refractivity contribution in [3.05, 3.63) is 69.8 Å². The average Bonchev–Trinajstić information content (AvgIpc) is 3.03. The molecule has 0 saturated carbocycles. The fourth-order valence-corrected chi connectivity index (χ4v) is 3.35. The Bertz CT molecular complexity index is 843. The van der Waals surface area contributed by atoms with Crippen LogP contribution in [0, 0.1) is 0 Å². The van der Waals surface area contributed by atoms with Gasteiger partial charge >= 0.3 is 5.97 Å². The zero-order valence-corrected chi connectivity index (χ0v) is 13.1. The number of amides is 1.